The van der Waals surface area contributed by atoms with Crippen molar-refractivity contribution in [3.8, 4) is 0 Å². The van der Waals surface area contributed by atoms with Gasteiger partial charge in [0.25, 0.3) is 5.91 Å². The summed E-state index contributed by atoms with van der Waals surface area (Å²) in [6, 6.07) is 9.17. The Morgan fingerprint density at radius 3 is 2.92 bits per heavy atom. The number of carbonyl (C=O) groups excluding carboxylic acids is 1. The zero-order chi connectivity index (χ0) is 18.3. The number of pyridine rings is 1. The van der Waals surface area contributed by atoms with Crippen LogP contribution in [0.5, 0.6) is 0 Å². The van der Waals surface area contributed by atoms with Gasteiger partial charge in [-0.1, -0.05) is 19.0 Å². The number of fused-ring (bicyclic) bond motifs is 3. The van der Waals surface area contributed by atoms with Crippen LogP contribution < -0.4 is 5.32 Å². The maximum atomic E-state index is 12.6. The van der Waals surface area contributed by atoms with Gasteiger partial charge in [0.1, 0.15) is 5.71 Å². The van der Waals surface area contributed by atoms with Gasteiger partial charge in [-0.05, 0) is 54.2 Å². The average Bonchev–Trinajstić information content (AvgIpc) is 3.02. The van der Waals surface area contributed by atoms with Crippen molar-refractivity contribution < 1.29 is 10.0 Å². The predicted octanol–water partition coefficient (Wildman–Crippen LogP) is 4.06. The Morgan fingerprint density at radius 2 is 2.19 bits per heavy atom. The van der Waals surface area contributed by atoms with Crippen molar-refractivity contribution in [3.05, 3.63) is 59.5 Å². The molecule has 132 valence electrons. The minimum atomic E-state index is -0.181. The van der Waals surface area contributed by atoms with Crippen LogP contribution in [0.1, 0.15) is 48.3 Å². The van der Waals surface area contributed by atoms with E-state index in [0.29, 0.717) is 17.0 Å². The Hall–Kier alpha value is -3.15. The lowest BCUT2D eigenvalue weighted by Gasteiger charge is -2.30. The summed E-state index contributed by atoms with van der Waals surface area (Å²) in [5.74, 6) is -0.181. The van der Waals surface area contributed by atoms with E-state index in [9.17, 15) is 10.0 Å². The molecule has 0 aliphatic heterocycles. The van der Waals surface area contributed by atoms with Crippen molar-refractivity contribution in [1.29, 1.82) is 0 Å². The third kappa shape index (κ3) is 2.63. The van der Waals surface area contributed by atoms with Crippen molar-refractivity contribution in [2.75, 3.05) is 5.32 Å². The highest BCUT2D eigenvalue weighted by Gasteiger charge is 2.34. The molecular weight excluding hydrogens is 328 g/mol. The van der Waals surface area contributed by atoms with Gasteiger partial charge in [-0.15, -0.1) is 0 Å². The molecule has 0 radical (unpaired) electrons. The second-order valence-corrected chi connectivity index (χ2v) is 7.26. The highest BCUT2D eigenvalue weighted by Crippen LogP contribution is 2.41. The summed E-state index contributed by atoms with van der Waals surface area (Å²) in [7, 11) is 0. The molecule has 4 rings (SSSR count). The third-order valence-electron chi connectivity index (χ3n) is 5.05. The van der Waals surface area contributed by atoms with Crippen LogP contribution in [0.3, 0.4) is 0 Å². The SMILES string of the molecule is CC1(C)CCC(=NO)c2[nH]c3ccc(C(=O)Nc4cccnc4)cc3c21. The molecule has 0 bridgehead atoms. The zero-order valence-corrected chi connectivity index (χ0v) is 14.7. The molecule has 0 atom stereocenters. The smallest absolute Gasteiger partial charge is 0.255 e. The lowest BCUT2D eigenvalue weighted by molar-refractivity contribution is 0.102. The number of oxime groups is 1. The largest absolute Gasteiger partial charge is 0.411 e. The molecule has 6 heteroatoms. The molecule has 2 aromatic heterocycles. The van der Waals surface area contributed by atoms with E-state index in [1.54, 1.807) is 30.6 Å². The molecular formula is C20H20N4O2. The van der Waals surface area contributed by atoms with Crippen LogP contribution in [0.2, 0.25) is 0 Å². The first-order valence-corrected chi connectivity index (χ1v) is 8.58. The van der Waals surface area contributed by atoms with E-state index in [1.807, 2.05) is 12.1 Å². The minimum absolute atomic E-state index is 0.0692. The van der Waals surface area contributed by atoms with Gasteiger partial charge in [0.15, 0.2) is 0 Å². The van der Waals surface area contributed by atoms with Crippen molar-refractivity contribution in [3.63, 3.8) is 0 Å². The number of hydrogen-bond donors (Lipinski definition) is 3. The first-order chi connectivity index (χ1) is 12.5. The van der Waals surface area contributed by atoms with Crippen LogP contribution in [-0.4, -0.2) is 26.8 Å². The zero-order valence-electron chi connectivity index (χ0n) is 14.7. The van der Waals surface area contributed by atoms with Gasteiger partial charge in [-0.25, -0.2) is 0 Å². The number of H-pyrrole nitrogens is 1. The van der Waals surface area contributed by atoms with E-state index < -0.39 is 0 Å². The first-order valence-electron chi connectivity index (χ1n) is 8.58. The van der Waals surface area contributed by atoms with E-state index in [2.05, 4.69) is 34.3 Å². The van der Waals surface area contributed by atoms with E-state index in [0.717, 1.165) is 35.0 Å². The fourth-order valence-electron chi connectivity index (χ4n) is 3.67. The summed E-state index contributed by atoms with van der Waals surface area (Å²) in [5.41, 5.74) is 4.73. The molecule has 0 unspecified atom stereocenters. The van der Waals surface area contributed by atoms with Gasteiger partial charge >= 0.3 is 0 Å². The van der Waals surface area contributed by atoms with Crippen LogP contribution in [0.25, 0.3) is 10.9 Å². The average molecular weight is 348 g/mol. The number of amides is 1. The second kappa shape index (κ2) is 5.98. The van der Waals surface area contributed by atoms with Gasteiger partial charge < -0.3 is 15.5 Å². The van der Waals surface area contributed by atoms with Crippen LogP contribution in [0.4, 0.5) is 5.69 Å². The number of carbonyl (C=O) groups is 1. The summed E-state index contributed by atoms with van der Waals surface area (Å²) in [6.45, 7) is 4.35. The van der Waals surface area contributed by atoms with Crippen molar-refractivity contribution in [2.45, 2.75) is 32.1 Å². The minimum Gasteiger partial charge on any atom is -0.411 e. The maximum absolute atomic E-state index is 12.6. The highest BCUT2D eigenvalue weighted by molar-refractivity contribution is 6.10. The summed E-state index contributed by atoms with van der Waals surface area (Å²) in [5, 5.41) is 16.7. The number of nitrogens with one attached hydrogen (secondary N) is 2. The molecule has 3 aromatic rings. The molecule has 1 aliphatic rings. The van der Waals surface area contributed by atoms with Gasteiger partial charge in [0.05, 0.1) is 17.6 Å². The number of anilines is 1. The monoisotopic (exact) mass is 348 g/mol. The molecule has 3 N–H and O–H groups in total. The number of rotatable bonds is 2. The third-order valence-corrected chi connectivity index (χ3v) is 5.05. The van der Waals surface area contributed by atoms with E-state index >= 15 is 0 Å². The molecule has 0 saturated carbocycles. The maximum Gasteiger partial charge on any atom is 0.255 e. The molecule has 2 heterocycles. The number of aromatic nitrogens is 2. The highest BCUT2D eigenvalue weighted by atomic mass is 16.4. The standard InChI is InChI=1S/C20H20N4O2/c1-20(2)8-7-16(24-26)18-17(20)14-10-12(5-6-15(14)23-18)19(25)22-13-4-3-9-21-11-13/h3-6,9-11,23,26H,7-8H2,1-2H3,(H,22,25). The molecule has 0 saturated heterocycles. The van der Waals surface area contributed by atoms with Crippen molar-refractivity contribution >= 4 is 28.2 Å². The molecule has 1 aliphatic carbocycles. The Kier molecular flexibility index (Phi) is 3.76. The normalized spacial score (nSPS) is 17.2. The van der Waals surface area contributed by atoms with Crippen LogP contribution >= 0.6 is 0 Å². The lowest BCUT2D eigenvalue weighted by Crippen LogP contribution is -2.27. The quantitative estimate of drug-likeness (QED) is 0.482. The van der Waals surface area contributed by atoms with Crippen LogP contribution in [0, 0.1) is 0 Å². The number of aromatic amines is 1. The summed E-state index contributed by atoms with van der Waals surface area (Å²) in [6.07, 6.45) is 4.88. The van der Waals surface area contributed by atoms with E-state index in [-0.39, 0.29) is 11.3 Å². The molecule has 1 amide bonds. The van der Waals surface area contributed by atoms with Gasteiger partial charge in [0, 0.05) is 22.7 Å². The molecule has 0 spiro atoms. The van der Waals surface area contributed by atoms with Crippen LogP contribution in [-0.2, 0) is 5.41 Å². The Morgan fingerprint density at radius 1 is 1.35 bits per heavy atom. The Balaban J connectivity index is 1.79. The molecule has 0 fully saturated rings. The van der Waals surface area contributed by atoms with E-state index in [4.69, 9.17) is 0 Å². The summed E-state index contributed by atoms with van der Waals surface area (Å²) < 4.78 is 0. The van der Waals surface area contributed by atoms with Crippen molar-refractivity contribution in [1.82, 2.24) is 9.97 Å². The van der Waals surface area contributed by atoms with Crippen molar-refractivity contribution in [2.24, 2.45) is 5.16 Å². The van der Waals surface area contributed by atoms with E-state index in [1.165, 1.54) is 0 Å². The number of benzene rings is 1. The molecule has 6 nitrogen and oxygen atoms in total. The van der Waals surface area contributed by atoms with Gasteiger partial charge in [-0.2, -0.15) is 0 Å². The number of hydrogen-bond acceptors (Lipinski definition) is 4. The molecule has 1 aromatic carbocycles. The number of nitrogens with zero attached hydrogens (tertiary/aromatic N) is 2. The predicted molar refractivity (Wildman–Crippen MR) is 101 cm³/mol. The van der Waals surface area contributed by atoms with Gasteiger partial charge in [0.2, 0.25) is 0 Å². The second-order valence-electron chi connectivity index (χ2n) is 7.26. The fourth-order valence-corrected chi connectivity index (χ4v) is 3.67. The Bertz CT molecular complexity index is 1020. The Labute approximate surface area is 151 Å². The fraction of sp³-hybridized carbons (Fsp3) is 0.250. The topological polar surface area (TPSA) is 90.4 Å². The lowest BCUT2D eigenvalue weighted by atomic mass is 9.73. The summed E-state index contributed by atoms with van der Waals surface area (Å²) >= 11 is 0. The van der Waals surface area contributed by atoms with Gasteiger partial charge in [-0.3, -0.25) is 9.78 Å². The molecule has 26 heavy (non-hydrogen) atoms. The van der Waals surface area contributed by atoms with Crippen LogP contribution in [0.15, 0.2) is 47.9 Å². The summed E-state index contributed by atoms with van der Waals surface area (Å²) in [4.78, 5) is 20.0. The first kappa shape index (κ1) is 16.3.